The van der Waals surface area contributed by atoms with Crippen LogP contribution < -0.4 is 10.5 Å². The average Bonchev–Trinajstić information content (AvgIpc) is 2.77. The Kier molecular flexibility index (Phi) is 3.35. The number of H-pyrrole nitrogens is 1. The lowest BCUT2D eigenvalue weighted by atomic mass is 10.4. The number of sulfonamides is 1. The van der Waals surface area contributed by atoms with Crippen LogP contribution in [0.15, 0.2) is 35.4 Å². The molecular weight excluding hydrogens is 252 g/mol. The van der Waals surface area contributed by atoms with Crippen molar-refractivity contribution in [3.05, 3.63) is 41.9 Å². The van der Waals surface area contributed by atoms with Crippen molar-refractivity contribution in [2.45, 2.75) is 18.4 Å². The first-order valence-corrected chi connectivity index (χ1v) is 6.83. The van der Waals surface area contributed by atoms with Crippen LogP contribution in [0.1, 0.15) is 11.4 Å². The second-order valence-electron chi connectivity index (χ2n) is 3.83. The number of rotatable bonds is 4. The summed E-state index contributed by atoms with van der Waals surface area (Å²) in [5.41, 5.74) is 6.82. The Balaban J connectivity index is 2.27. The molecule has 6 nitrogen and oxygen atoms in total. The molecule has 0 amide bonds. The number of hydrogen-bond acceptors (Lipinski definition) is 4. The number of hydrogen-bond donors (Lipinski definition) is 3. The smallest absolute Gasteiger partial charge is 0.264 e. The monoisotopic (exact) mass is 266 g/mol. The molecule has 0 spiro atoms. The molecule has 2 aromatic heterocycles. The average molecular weight is 266 g/mol. The van der Waals surface area contributed by atoms with E-state index in [9.17, 15) is 8.42 Å². The Morgan fingerprint density at radius 1 is 1.44 bits per heavy atom. The molecule has 2 aromatic rings. The van der Waals surface area contributed by atoms with E-state index in [0.29, 0.717) is 11.5 Å². The second-order valence-corrected chi connectivity index (χ2v) is 5.52. The maximum atomic E-state index is 12.0. The lowest BCUT2D eigenvalue weighted by Crippen LogP contribution is -2.13. The van der Waals surface area contributed by atoms with Crippen molar-refractivity contribution in [1.82, 2.24) is 9.97 Å². The zero-order valence-corrected chi connectivity index (χ0v) is 10.7. The molecule has 0 saturated heterocycles. The van der Waals surface area contributed by atoms with Crippen molar-refractivity contribution in [3.63, 3.8) is 0 Å². The van der Waals surface area contributed by atoms with Crippen LogP contribution in [0.3, 0.4) is 0 Å². The number of nitrogens with two attached hydrogens (primary N) is 1. The zero-order valence-electron chi connectivity index (χ0n) is 9.84. The molecule has 0 radical (unpaired) electrons. The first kappa shape index (κ1) is 12.6. The van der Waals surface area contributed by atoms with Crippen LogP contribution in [0.4, 0.5) is 5.82 Å². The van der Waals surface area contributed by atoms with Crippen LogP contribution in [-0.4, -0.2) is 18.4 Å². The Labute approximate surface area is 105 Å². The van der Waals surface area contributed by atoms with Gasteiger partial charge in [0.25, 0.3) is 10.0 Å². The summed E-state index contributed by atoms with van der Waals surface area (Å²) >= 11 is 0. The molecule has 0 bridgehead atoms. The summed E-state index contributed by atoms with van der Waals surface area (Å²) in [6.07, 6.45) is 1.40. The predicted molar refractivity (Wildman–Crippen MR) is 68.5 cm³/mol. The van der Waals surface area contributed by atoms with E-state index < -0.39 is 10.0 Å². The molecule has 0 aromatic carbocycles. The minimum absolute atomic E-state index is 0.145. The number of aryl methyl sites for hydroxylation is 1. The summed E-state index contributed by atoms with van der Waals surface area (Å²) in [6, 6.07) is 6.63. The van der Waals surface area contributed by atoms with Gasteiger partial charge in [-0.3, -0.25) is 4.72 Å². The normalized spacial score (nSPS) is 11.4. The molecule has 2 heterocycles. The van der Waals surface area contributed by atoms with Crippen LogP contribution in [0.25, 0.3) is 0 Å². The predicted octanol–water partition coefficient (Wildman–Crippen LogP) is 0.978. The highest BCUT2D eigenvalue weighted by Crippen LogP contribution is 2.15. The molecular formula is C11H14N4O2S. The van der Waals surface area contributed by atoms with Gasteiger partial charge in [0.15, 0.2) is 0 Å². The fourth-order valence-corrected chi connectivity index (χ4v) is 2.51. The summed E-state index contributed by atoms with van der Waals surface area (Å²) in [5.74, 6) is 0.297. The molecule has 18 heavy (non-hydrogen) atoms. The van der Waals surface area contributed by atoms with E-state index >= 15 is 0 Å². The fourth-order valence-electron chi connectivity index (χ4n) is 1.49. The molecule has 0 saturated carbocycles. The van der Waals surface area contributed by atoms with Gasteiger partial charge in [-0.25, -0.2) is 13.4 Å². The topological polar surface area (TPSA) is 101 Å². The standard InChI is InChI=1S/C11H14N4O2S/c1-8-3-2-4-11(14-8)15-18(16,17)10-5-9(6-12)13-7-10/h2-5,7,13H,6,12H2,1H3,(H,14,15). The Bertz CT molecular complexity index is 649. The van der Waals surface area contributed by atoms with Crippen molar-refractivity contribution in [1.29, 1.82) is 0 Å². The number of aromatic amines is 1. The van der Waals surface area contributed by atoms with Gasteiger partial charge < -0.3 is 10.7 Å². The van der Waals surface area contributed by atoms with E-state index in [1.54, 1.807) is 25.1 Å². The van der Waals surface area contributed by atoms with Crippen LogP contribution in [0.5, 0.6) is 0 Å². The highest BCUT2D eigenvalue weighted by atomic mass is 32.2. The summed E-state index contributed by atoms with van der Waals surface area (Å²) < 4.78 is 26.5. The van der Waals surface area contributed by atoms with E-state index in [2.05, 4.69) is 14.7 Å². The molecule has 2 rings (SSSR count). The third kappa shape index (κ3) is 2.69. The van der Waals surface area contributed by atoms with Gasteiger partial charge in [0, 0.05) is 24.1 Å². The maximum Gasteiger partial charge on any atom is 0.264 e. The number of aromatic nitrogens is 2. The van der Waals surface area contributed by atoms with Gasteiger partial charge in [0.05, 0.1) is 0 Å². The van der Waals surface area contributed by atoms with E-state index in [-0.39, 0.29) is 11.4 Å². The van der Waals surface area contributed by atoms with Gasteiger partial charge >= 0.3 is 0 Å². The molecule has 0 unspecified atom stereocenters. The van der Waals surface area contributed by atoms with Crippen molar-refractivity contribution >= 4 is 15.8 Å². The van der Waals surface area contributed by atoms with Crippen molar-refractivity contribution < 1.29 is 8.42 Å². The number of pyridine rings is 1. The van der Waals surface area contributed by atoms with Crippen LogP contribution in [-0.2, 0) is 16.6 Å². The molecule has 96 valence electrons. The van der Waals surface area contributed by atoms with E-state index in [0.717, 1.165) is 5.69 Å². The van der Waals surface area contributed by atoms with Gasteiger partial charge in [-0.05, 0) is 25.1 Å². The lowest BCUT2D eigenvalue weighted by molar-refractivity contribution is 0.601. The van der Waals surface area contributed by atoms with Gasteiger partial charge in [-0.15, -0.1) is 0 Å². The highest BCUT2D eigenvalue weighted by molar-refractivity contribution is 7.92. The molecule has 4 N–H and O–H groups in total. The Morgan fingerprint density at radius 3 is 2.83 bits per heavy atom. The number of nitrogens with zero attached hydrogens (tertiary/aromatic N) is 1. The molecule has 0 atom stereocenters. The van der Waals surface area contributed by atoms with E-state index in [4.69, 9.17) is 5.73 Å². The SMILES string of the molecule is Cc1cccc(NS(=O)(=O)c2c[nH]c(CN)c2)n1. The summed E-state index contributed by atoms with van der Waals surface area (Å²) in [4.78, 5) is 7.02. The molecule has 0 aliphatic rings. The fraction of sp³-hybridized carbons (Fsp3) is 0.182. The van der Waals surface area contributed by atoms with Crippen molar-refractivity contribution in [3.8, 4) is 0 Å². The van der Waals surface area contributed by atoms with Gasteiger partial charge in [-0.2, -0.15) is 0 Å². The Hall–Kier alpha value is -1.86. The Morgan fingerprint density at radius 2 is 2.22 bits per heavy atom. The molecule has 0 aliphatic heterocycles. The van der Waals surface area contributed by atoms with Gasteiger partial charge in [-0.1, -0.05) is 6.07 Å². The van der Waals surface area contributed by atoms with E-state index in [1.807, 2.05) is 0 Å². The number of nitrogens with one attached hydrogen (secondary N) is 2. The van der Waals surface area contributed by atoms with Crippen LogP contribution in [0.2, 0.25) is 0 Å². The lowest BCUT2D eigenvalue weighted by Gasteiger charge is -2.05. The third-order valence-electron chi connectivity index (χ3n) is 2.37. The van der Waals surface area contributed by atoms with E-state index in [1.165, 1.54) is 12.3 Å². The van der Waals surface area contributed by atoms with Crippen LogP contribution in [0, 0.1) is 6.92 Å². The zero-order chi connectivity index (χ0) is 13.2. The summed E-state index contributed by atoms with van der Waals surface area (Å²) in [7, 11) is -3.62. The van der Waals surface area contributed by atoms with Gasteiger partial charge in [0.1, 0.15) is 10.7 Å². The first-order valence-electron chi connectivity index (χ1n) is 5.35. The third-order valence-corrected chi connectivity index (χ3v) is 3.71. The summed E-state index contributed by atoms with van der Waals surface area (Å²) in [5, 5.41) is 0. The van der Waals surface area contributed by atoms with Crippen molar-refractivity contribution in [2.24, 2.45) is 5.73 Å². The van der Waals surface area contributed by atoms with Crippen molar-refractivity contribution in [2.75, 3.05) is 4.72 Å². The minimum Gasteiger partial charge on any atom is -0.363 e. The number of anilines is 1. The molecule has 7 heteroatoms. The first-order chi connectivity index (χ1) is 8.51. The second kappa shape index (κ2) is 4.79. The summed E-state index contributed by atoms with van der Waals surface area (Å²) in [6.45, 7) is 2.05. The molecule has 0 aliphatic carbocycles. The largest absolute Gasteiger partial charge is 0.363 e. The highest BCUT2D eigenvalue weighted by Gasteiger charge is 2.16. The molecule has 0 fully saturated rings. The maximum absolute atomic E-state index is 12.0. The van der Waals surface area contributed by atoms with Crippen LogP contribution >= 0.6 is 0 Å². The quantitative estimate of drug-likeness (QED) is 0.767. The van der Waals surface area contributed by atoms with Gasteiger partial charge in [0.2, 0.25) is 0 Å². The minimum atomic E-state index is -3.62.